The molecular weight excluding hydrogens is 462 g/mol. The van der Waals surface area contributed by atoms with Gasteiger partial charge in [0, 0.05) is 5.56 Å². The number of carbonyl (C=O) groups is 1. The summed E-state index contributed by atoms with van der Waals surface area (Å²) >= 11 is 0. The van der Waals surface area contributed by atoms with Crippen LogP contribution < -0.4 is 14.8 Å². The molecule has 0 fully saturated rings. The maximum atomic E-state index is 13.8. The van der Waals surface area contributed by atoms with Crippen molar-refractivity contribution in [3.05, 3.63) is 132 Å². The summed E-state index contributed by atoms with van der Waals surface area (Å²) in [6.45, 7) is 0. The van der Waals surface area contributed by atoms with E-state index in [4.69, 9.17) is 14.6 Å². The number of hydrogen-bond donors (Lipinski definition) is 1. The van der Waals surface area contributed by atoms with E-state index in [9.17, 15) is 4.79 Å². The molecule has 1 heterocycles. The van der Waals surface area contributed by atoms with Gasteiger partial charge in [0.05, 0.1) is 31.6 Å². The fourth-order valence-electron chi connectivity index (χ4n) is 4.22. The quantitative estimate of drug-likeness (QED) is 0.287. The zero-order valence-electron chi connectivity index (χ0n) is 20.7. The van der Waals surface area contributed by atoms with Crippen LogP contribution in [-0.2, 0) is 0 Å². The van der Waals surface area contributed by atoms with Crippen LogP contribution in [0.1, 0.15) is 27.7 Å². The standard InChI is InChI=1S/C31H27N3O3/c1-36-26-17-13-22(14-18-26)28-21-29(34(33-28)25-15-19-27(37-2)20-16-25)31(35)32-30(23-9-5-3-6-10-23)24-11-7-4-8-12-24/h3-21,30H,1-2H3,(H,32,35). The van der Waals surface area contributed by atoms with Gasteiger partial charge < -0.3 is 14.8 Å². The lowest BCUT2D eigenvalue weighted by atomic mass is 9.98. The number of hydrogen-bond acceptors (Lipinski definition) is 4. The monoisotopic (exact) mass is 489 g/mol. The van der Waals surface area contributed by atoms with E-state index in [2.05, 4.69) is 5.32 Å². The van der Waals surface area contributed by atoms with E-state index >= 15 is 0 Å². The van der Waals surface area contributed by atoms with Gasteiger partial charge in [0.15, 0.2) is 0 Å². The zero-order valence-corrected chi connectivity index (χ0v) is 20.7. The van der Waals surface area contributed by atoms with Gasteiger partial charge in [-0.2, -0.15) is 5.10 Å². The van der Waals surface area contributed by atoms with Crippen LogP contribution in [0.4, 0.5) is 0 Å². The molecule has 6 heteroatoms. The van der Waals surface area contributed by atoms with E-state index < -0.39 is 0 Å². The minimum atomic E-state index is -0.321. The molecule has 0 aliphatic carbocycles. The summed E-state index contributed by atoms with van der Waals surface area (Å²) < 4.78 is 12.3. The first-order chi connectivity index (χ1) is 18.2. The van der Waals surface area contributed by atoms with E-state index in [1.54, 1.807) is 18.9 Å². The van der Waals surface area contributed by atoms with Gasteiger partial charge in [0.2, 0.25) is 0 Å². The van der Waals surface area contributed by atoms with Crippen molar-refractivity contribution in [3.63, 3.8) is 0 Å². The van der Waals surface area contributed by atoms with Gasteiger partial charge in [-0.05, 0) is 65.7 Å². The predicted molar refractivity (Wildman–Crippen MR) is 144 cm³/mol. The Labute approximate surface area is 216 Å². The first-order valence-corrected chi connectivity index (χ1v) is 12.0. The fourth-order valence-corrected chi connectivity index (χ4v) is 4.22. The molecule has 0 radical (unpaired) electrons. The Kier molecular flexibility index (Phi) is 6.99. The van der Waals surface area contributed by atoms with Crippen LogP contribution in [-0.4, -0.2) is 29.9 Å². The molecule has 1 aromatic heterocycles. The highest BCUT2D eigenvalue weighted by molar-refractivity contribution is 5.95. The molecule has 1 amide bonds. The topological polar surface area (TPSA) is 65.4 Å². The van der Waals surface area contributed by atoms with Crippen LogP contribution in [0.5, 0.6) is 11.5 Å². The lowest BCUT2D eigenvalue weighted by Crippen LogP contribution is -2.31. The molecule has 0 bridgehead atoms. The highest BCUT2D eigenvalue weighted by Crippen LogP contribution is 2.27. The van der Waals surface area contributed by atoms with Crippen LogP contribution in [0.2, 0.25) is 0 Å². The molecule has 0 saturated heterocycles. The van der Waals surface area contributed by atoms with Crippen LogP contribution in [0.15, 0.2) is 115 Å². The van der Waals surface area contributed by atoms with Crippen molar-refractivity contribution in [2.24, 2.45) is 0 Å². The molecule has 0 aliphatic heterocycles. The Morgan fingerprint density at radius 1 is 0.730 bits per heavy atom. The fraction of sp³-hybridized carbons (Fsp3) is 0.0968. The van der Waals surface area contributed by atoms with Crippen LogP contribution in [0.3, 0.4) is 0 Å². The summed E-state index contributed by atoms with van der Waals surface area (Å²) in [4.78, 5) is 13.8. The second kappa shape index (κ2) is 10.8. The molecule has 6 nitrogen and oxygen atoms in total. The molecule has 184 valence electrons. The smallest absolute Gasteiger partial charge is 0.270 e. The SMILES string of the molecule is COc1ccc(-c2cc(C(=O)NC(c3ccccc3)c3ccccc3)n(-c3ccc(OC)cc3)n2)cc1. The third-order valence-electron chi connectivity index (χ3n) is 6.19. The average Bonchev–Trinajstić information content (AvgIpc) is 3.42. The van der Waals surface area contributed by atoms with Gasteiger partial charge in [-0.15, -0.1) is 0 Å². The summed E-state index contributed by atoms with van der Waals surface area (Å²) in [6.07, 6.45) is 0. The zero-order chi connectivity index (χ0) is 25.6. The average molecular weight is 490 g/mol. The summed E-state index contributed by atoms with van der Waals surface area (Å²) in [5, 5.41) is 8.05. The van der Waals surface area contributed by atoms with Gasteiger partial charge in [-0.25, -0.2) is 4.68 Å². The lowest BCUT2D eigenvalue weighted by molar-refractivity contribution is 0.0935. The molecule has 37 heavy (non-hydrogen) atoms. The van der Waals surface area contributed by atoms with Crippen LogP contribution in [0, 0.1) is 0 Å². The van der Waals surface area contributed by atoms with E-state index in [0.717, 1.165) is 33.9 Å². The van der Waals surface area contributed by atoms with Crippen molar-refractivity contribution in [2.75, 3.05) is 14.2 Å². The first kappa shape index (κ1) is 23.9. The number of amides is 1. The Hall–Kier alpha value is -4.84. The molecule has 1 N–H and O–H groups in total. The molecule has 0 spiro atoms. The van der Waals surface area contributed by atoms with Crippen molar-refractivity contribution >= 4 is 5.91 Å². The minimum absolute atomic E-state index is 0.235. The van der Waals surface area contributed by atoms with Crippen molar-refractivity contribution < 1.29 is 14.3 Å². The Morgan fingerprint density at radius 2 is 1.24 bits per heavy atom. The molecule has 0 saturated carbocycles. The summed E-state index contributed by atoms with van der Waals surface area (Å²) in [5.74, 6) is 1.25. The van der Waals surface area contributed by atoms with E-state index in [1.807, 2.05) is 115 Å². The molecular formula is C31H27N3O3. The summed E-state index contributed by atoms with van der Waals surface area (Å²) in [6, 6.07) is 36.5. The maximum Gasteiger partial charge on any atom is 0.270 e. The number of nitrogens with zero attached hydrogens (tertiary/aromatic N) is 2. The third-order valence-corrected chi connectivity index (χ3v) is 6.19. The summed E-state index contributed by atoms with van der Waals surface area (Å²) in [7, 11) is 3.25. The predicted octanol–water partition coefficient (Wildman–Crippen LogP) is 6.08. The lowest BCUT2D eigenvalue weighted by Gasteiger charge is -2.20. The molecule has 0 atom stereocenters. The van der Waals surface area contributed by atoms with Crippen LogP contribution >= 0.6 is 0 Å². The van der Waals surface area contributed by atoms with Crippen molar-refractivity contribution in [3.8, 4) is 28.4 Å². The second-order valence-electron chi connectivity index (χ2n) is 8.48. The largest absolute Gasteiger partial charge is 0.497 e. The summed E-state index contributed by atoms with van der Waals surface area (Å²) in [5.41, 5.74) is 4.72. The normalized spacial score (nSPS) is 10.8. The van der Waals surface area contributed by atoms with E-state index in [1.165, 1.54) is 0 Å². The number of nitrogens with one attached hydrogen (secondary N) is 1. The van der Waals surface area contributed by atoms with Gasteiger partial charge in [-0.1, -0.05) is 60.7 Å². The number of benzene rings is 4. The van der Waals surface area contributed by atoms with E-state index in [0.29, 0.717) is 11.4 Å². The van der Waals surface area contributed by atoms with Crippen molar-refractivity contribution in [1.29, 1.82) is 0 Å². The molecule has 5 rings (SSSR count). The van der Waals surface area contributed by atoms with Gasteiger partial charge >= 0.3 is 0 Å². The molecule has 4 aromatic carbocycles. The van der Waals surface area contributed by atoms with Gasteiger partial charge in [0.25, 0.3) is 5.91 Å². The van der Waals surface area contributed by atoms with Crippen molar-refractivity contribution in [2.45, 2.75) is 6.04 Å². The third kappa shape index (κ3) is 5.23. The van der Waals surface area contributed by atoms with Gasteiger partial charge in [-0.3, -0.25) is 4.79 Å². The molecule has 0 aliphatic rings. The highest BCUT2D eigenvalue weighted by Gasteiger charge is 2.22. The molecule has 0 unspecified atom stereocenters. The van der Waals surface area contributed by atoms with Crippen molar-refractivity contribution in [1.82, 2.24) is 15.1 Å². The first-order valence-electron chi connectivity index (χ1n) is 12.0. The number of aromatic nitrogens is 2. The molecule has 5 aromatic rings. The number of ether oxygens (including phenoxy) is 2. The highest BCUT2D eigenvalue weighted by atomic mass is 16.5. The Balaban J connectivity index is 1.56. The number of methoxy groups -OCH3 is 2. The second-order valence-corrected chi connectivity index (χ2v) is 8.48. The minimum Gasteiger partial charge on any atom is -0.497 e. The maximum absolute atomic E-state index is 13.8. The number of carbonyl (C=O) groups excluding carboxylic acids is 1. The van der Waals surface area contributed by atoms with E-state index in [-0.39, 0.29) is 11.9 Å². The Morgan fingerprint density at radius 3 is 1.76 bits per heavy atom. The van der Waals surface area contributed by atoms with Gasteiger partial charge in [0.1, 0.15) is 17.2 Å². The number of rotatable bonds is 8. The Bertz CT molecular complexity index is 1420. The van der Waals surface area contributed by atoms with Crippen LogP contribution in [0.25, 0.3) is 16.9 Å².